The van der Waals surface area contributed by atoms with Gasteiger partial charge in [-0.25, -0.2) is 4.79 Å². The van der Waals surface area contributed by atoms with Crippen LogP contribution in [0.1, 0.15) is 17.5 Å². The number of amides is 1. The van der Waals surface area contributed by atoms with Gasteiger partial charge in [-0.2, -0.15) is 0 Å². The van der Waals surface area contributed by atoms with Gasteiger partial charge in [0.2, 0.25) is 0 Å². The van der Waals surface area contributed by atoms with Crippen molar-refractivity contribution in [2.45, 2.75) is 25.6 Å². The summed E-state index contributed by atoms with van der Waals surface area (Å²) in [5.74, 6) is 0. The summed E-state index contributed by atoms with van der Waals surface area (Å²) in [6, 6.07) is 6.98. The Kier molecular flexibility index (Phi) is 3.30. The lowest BCUT2D eigenvalue weighted by Crippen LogP contribution is -2.31. The minimum absolute atomic E-state index is 0.517. The number of carbonyl (C=O) groups is 1. The largest absolute Gasteiger partial charge is 0.465 e. The molecule has 2 aliphatic heterocycles. The van der Waals surface area contributed by atoms with E-state index in [1.807, 2.05) is 0 Å². The van der Waals surface area contributed by atoms with Gasteiger partial charge in [0.25, 0.3) is 0 Å². The van der Waals surface area contributed by atoms with E-state index in [0.717, 1.165) is 24.2 Å². The van der Waals surface area contributed by atoms with E-state index in [9.17, 15) is 4.79 Å². The zero-order chi connectivity index (χ0) is 14.3. The van der Waals surface area contributed by atoms with E-state index in [1.54, 1.807) is 0 Å². The molecule has 0 bridgehead atoms. The van der Waals surface area contributed by atoms with Gasteiger partial charge in [-0.1, -0.05) is 6.07 Å². The van der Waals surface area contributed by atoms with Crippen molar-refractivity contribution in [3.8, 4) is 0 Å². The van der Waals surface area contributed by atoms with Crippen LogP contribution in [0.2, 0.25) is 0 Å². The zero-order valence-corrected chi connectivity index (χ0v) is 12.0. The molecule has 1 saturated heterocycles. The van der Waals surface area contributed by atoms with Gasteiger partial charge >= 0.3 is 6.09 Å². The molecule has 1 amide bonds. The Bertz CT molecular complexity index is 530. The van der Waals surface area contributed by atoms with Gasteiger partial charge in [0.05, 0.1) is 0 Å². The number of rotatable bonds is 2. The SMILES string of the molecule is CN(C)[C@H]1CCN(c2ccc3c(c2)CN(C(=O)O)C3)C1. The van der Waals surface area contributed by atoms with Gasteiger partial charge < -0.3 is 14.9 Å². The van der Waals surface area contributed by atoms with E-state index in [4.69, 9.17) is 5.11 Å². The average molecular weight is 275 g/mol. The van der Waals surface area contributed by atoms with Gasteiger partial charge in [0.15, 0.2) is 0 Å². The van der Waals surface area contributed by atoms with Gasteiger partial charge in [-0.05, 0) is 43.8 Å². The summed E-state index contributed by atoms with van der Waals surface area (Å²) in [6.45, 7) is 3.16. The molecular weight excluding hydrogens is 254 g/mol. The average Bonchev–Trinajstić information content (AvgIpc) is 3.04. The molecule has 5 heteroatoms. The fourth-order valence-corrected chi connectivity index (χ4v) is 3.11. The van der Waals surface area contributed by atoms with Crippen molar-refractivity contribution in [2.24, 2.45) is 0 Å². The fourth-order valence-electron chi connectivity index (χ4n) is 3.11. The third-order valence-corrected chi connectivity index (χ3v) is 4.44. The van der Waals surface area contributed by atoms with Gasteiger partial charge in [-0.15, -0.1) is 0 Å². The molecule has 108 valence electrons. The topological polar surface area (TPSA) is 47.0 Å². The molecular formula is C15H21N3O2. The summed E-state index contributed by atoms with van der Waals surface area (Å²) in [7, 11) is 4.25. The molecule has 0 spiro atoms. The summed E-state index contributed by atoms with van der Waals surface area (Å²) >= 11 is 0. The van der Waals surface area contributed by atoms with Crippen LogP contribution < -0.4 is 4.90 Å². The molecule has 0 saturated carbocycles. The zero-order valence-electron chi connectivity index (χ0n) is 12.0. The van der Waals surface area contributed by atoms with Crippen LogP contribution in [0.5, 0.6) is 0 Å². The maximum atomic E-state index is 11.0. The van der Waals surface area contributed by atoms with Crippen molar-refractivity contribution < 1.29 is 9.90 Å². The third-order valence-electron chi connectivity index (χ3n) is 4.44. The van der Waals surface area contributed by atoms with Crippen LogP contribution in [0, 0.1) is 0 Å². The molecule has 20 heavy (non-hydrogen) atoms. The number of carboxylic acid groups (broad SMARTS) is 1. The van der Waals surface area contributed by atoms with E-state index >= 15 is 0 Å². The molecule has 0 unspecified atom stereocenters. The Morgan fingerprint density at radius 1 is 1.30 bits per heavy atom. The van der Waals surface area contributed by atoms with Crippen LogP contribution in [-0.2, 0) is 13.1 Å². The molecule has 1 N–H and O–H groups in total. The number of hydrogen-bond acceptors (Lipinski definition) is 3. The lowest BCUT2D eigenvalue weighted by Gasteiger charge is -2.22. The second kappa shape index (κ2) is 4.98. The molecule has 1 fully saturated rings. The van der Waals surface area contributed by atoms with E-state index in [1.165, 1.54) is 17.0 Å². The first-order valence-corrected chi connectivity index (χ1v) is 7.05. The highest BCUT2D eigenvalue weighted by Crippen LogP contribution is 2.29. The van der Waals surface area contributed by atoms with Crippen LogP contribution in [0.15, 0.2) is 18.2 Å². The Balaban J connectivity index is 1.75. The molecule has 3 rings (SSSR count). The quantitative estimate of drug-likeness (QED) is 0.894. The number of nitrogens with zero attached hydrogens (tertiary/aromatic N) is 3. The van der Waals surface area contributed by atoms with Crippen LogP contribution >= 0.6 is 0 Å². The first-order valence-electron chi connectivity index (χ1n) is 7.05. The predicted molar refractivity (Wildman–Crippen MR) is 78.0 cm³/mol. The van der Waals surface area contributed by atoms with Gasteiger partial charge in [0.1, 0.15) is 0 Å². The van der Waals surface area contributed by atoms with E-state index in [0.29, 0.717) is 19.1 Å². The molecule has 0 aromatic heterocycles. The maximum Gasteiger partial charge on any atom is 0.407 e. The van der Waals surface area contributed by atoms with Crippen molar-refractivity contribution in [3.63, 3.8) is 0 Å². The van der Waals surface area contributed by atoms with Gasteiger partial charge in [0, 0.05) is 37.9 Å². The number of likely N-dealkylation sites (N-methyl/N-ethyl adjacent to an activating group) is 1. The third kappa shape index (κ3) is 2.33. The Morgan fingerprint density at radius 2 is 2.05 bits per heavy atom. The molecule has 0 radical (unpaired) electrons. The highest BCUT2D eigenvalue weighted by molar-refractivity contribution is 5.67. The molecule has 1 aromatic carbocycles. The summed E-state index contributed by atoms with van der Waals surface area (Å²) in [5.41, 5.74) is 3.51. The first kappa shape index (κ1) is 13.2. The summed E-state index contributed by atoms with van der Waals surface area (Å²) < 4.78 is 0. The predicted octanol–water partition coefficient (Wildman–Crippen LogP) is 1.82. The standard InChI is InChI=1S/C15H21N3O2/c1-16(2)14-5-6-17(10-14)13-4-3-11-8-18(15(19)20)9-12(11)7-13/h3-4,7,14H,5-6,8-10H2,1-2H3,(H,19,20)/t14-/m0/s1. The first-order chi connectivity index (χ1) is 9.54. The Hall–Kier alpha value is -1.75. The van der Waals surface area contributed by atoms with Crippen LogP contribution in [-0.4, -0.2) is 54.2 Å². The Labute approximate surface area is 119 Å². The van der Waals surface area contributed by atoms with Crippen molar-refractivity contribution in [1.29, 1.82) is 0 Å². The molecule has 1 atom stereocenters. The lowest BCUT2D eigenvalue weighted by atomic mass is 10.1. The second-order valence-electron chi connectivity index (χ2n) is 5.94. The molecule has 2 aliphatic rings. The monoisotopic (exact) mass is 275 g/mol. The van der Waals surface area contributed by atoms with Crippen LogP contribution in [0.3, 0.4) is 0 Å². The fraction of sp³-hybridized carbons (Fsp3) is 0.533. The van der Waals surface area contributed by atoms with Crippen molar-refractivity contribution in [1.82, 2.24) is 9.80 Å². The number of anilines is 1. The summed E-state index contributed by atoms with van der Waals surface area (Å²) in [6.07, 6.45) is 0.349. The van der Waals surface area contributed by atoms with E-state index < -0.39 is 6.09 Å². The number of fused-ring (bicyclic) bond motifs is 1. The molecule has 1 aromatic rings. The van der Waals surface area contributed by atoms with Crippen molar-refractivity contribution >= 4 is 11.8 Å². The maximum absolute atomic E-state index is 11.0. The van der Waals surface area contributed by atoms with Crippen molar-refractivity contribution in [2.75, 3.05) is 32.1 Å². The summed E-state index contributed by atoms with van der Waals surface area (Å²) in [5, 5.41) is 9.07. The van der Waals surface area contributed by atoms with Crippen LogP contribution in [0.25, 0.3) is 0 Å². The highest BCUT2D eigenvalue weighted by atomic mass is 16.4. The molecule has 0 aliphatic carbocycles. The summed E-state index contributed by atoms with van der Waals surface area (Å²) in [4.78, 5) is 17.2. The smallest absolute Gasteiger partial charge is 0.407 e. The minimum Gasteiger partial charge on any atom is -0.465 e. The normalized spacial score (nSPS) is 21.6. The number of benzene rings is 1. The minimum atomic E-state index is -0.836. The Morgan fingerprint density at radius 3 is 2.70 bits per heavy atom. The number of hydrogen-bond donors (Lipinski definition) is 1. The van der Waals surface area contributed by atoms with Crippen molar-refractivity contribution in [3.05, 3.63) is 29.3 Å². The molecule has 5 nitrogen and oxygen atoms in total. The van der Waals surface area contributed by atoms with Crippen LogP contribution in [0.4, 0.5) is 10.5 Å². The van der Waals surface area contributed by atoms with Gasteiger partial charge in [-0.3, -0.25) is 4.90 Å². The van der Waals surface area contributed by atoms with E-state index in [2.05, 4.69) is 42.1 Å². The molecule has 2 heterocycles. The second-order valence-corrected chi connectivity index (χ2v) is 5.94. The highest BCUT2D eigenvalue weighted by Gasteiger charge is 2.27. The van der Waals surface area contributed by atoms with E-state index in [-0.39, 0.29) is 0 Å². The lowest BCUT2D eigenvalue weighted by molar-refractivity contribution is 0.145.